The second-order valence-corrected chi connectivity index (χ2v) is 5.80. The summed E-state index contributed by atoms with van der Waals surface area (Å²) in [5.41, 5.74) is 0. The van der Waals surface area contributed by atoms with E-state index in [2.05, 4.69) is 0 Å². The maximum atomic E-state index is 10.7. The summed E-state index contributed by atoms with van der Waals surface area (Å²) in [4.78, 5) is 12.2. The number of aromatic carboxylic acids is 1. The van der Waals surface area contributed by atoms with Crippen molar-refractivity contribution in [1.29, 1.82) is 0 Å². The highest BCUT2D eigenvalue weighted by atomic mass is 32.2. The van der Waals surface area contributed by atoms with Crippen LogP contribution in [0.3, 0.4) is 0 Å². The van der Waals surface area contributed by atoms with Gasteiger partial charge in [0, 0.05) is 22.6 Å². The summed E-state index contributed by atoms with van der Waals surface area (Å²) in [5, 5.41) is 10.7. The van der Waals surface area contributed by atoms with E-state index in [-0.39, 0.29) is 0 Å². The van der Waals surface area contributed by atoms with E-state index in [0.29, 0.717) is 11.0 Å². The van der Waals surface area contributed by atoms with Gasteiger partial charge in [-0.05, 0) is 25.3 Å². The fourth-order valence-corrected chi connectivity index (χ4v) is 3.60. The highest BCUT2D eigenvalue weighted by Gasteiger charge is 2.15. The predicted molar refractivity (Wildman–Crippen MR) is 65.6 cm³/mol. The van der Waals surface area contributed by atoms with E-state index in [1.807, 2.05) is 5.38 Å². The Balaban J connectivity index is 1.74. The van der Waals surface area contributed by atoms with Gasteiger partial charge in [-0.3, -0.25) is 0 Å². The van der Waals surface area contributed by atoms with Crippen molar-refractivity contribution in [3.05, 3.63) is 16.3 Å². The van der Waals surface area contributed by atoms with Crippen molar-refractivity contribution in [2.75, 3.05) is 12.4 Å². The first-order valence-corrected chi connectivity index (χ1v) is 7.18. The van der Waals surface area contributed by atoms with Crippen molar-refractivity contribution >= 4 is 29.1 Å². The molecular weight excluding hydrogens is 244 g/mol. The molecule has 1 atom stereocenters. The van der Waals surface area contributed by atoms with Crippen LogP contribution in [0.15, 0.2) is 16.3 Å². The van der Waals surface area contributed by atoms with Crippen LogP contribution < -0.4 is 0 Å². The summed E-state index contributed by atoms with van der Waals surface area (Å²) in [6, 6.07) is 1.74. The van der Waals surface area contributed by atoms with Crippen LogP contribution in [0.5, 0.6) is 0 Å². The lowest BCUT2D eigenvalue weighted by atomic mass is 10.2. The summed E-state index contributed by atoms with van der Waals surface area (Å²) in [7, 11) is 0. The standard InChI is InChI=1S/C11H14O3S2/c12-11(13)10-6-9(7-16-10)15-5-3-8-2-1-4-14-8/h6-8H,1-5H2,(H,12,13). The van der Waals surface area contributed by atoms with Crippen molar-refractivity contribution in [3.63, 3.8) is 0 Å². The first-order valence-electron chi connectivity index (χ1n) is 5.32. The molecule has 0 aromatic carbocycles. The molecule has 0 radical (unpaired) electrons. The molecule has 2 rings (SSSR count). The fourth-order valence-electron chi connectivity index (χ4n) is 1.69. The van der Waals surface area contributed by atoms with Crippen LogP contribution in [0.2, 0.25) is 0 Å². The monoisotopic (exact) mass is 258 g/mol. The van der Waals surface area contributed by atoms with Gasteiger partial charge in [0.05, 0.1) is 6.10 Å². The van der Waals surface area contributed by atoms with Crippen LogP contribution in [-0.4, -0.2) is 29.5 Å². The summed E-state index contributed by atoms with van der Waals surface area (Å²) in [5.74, 6) is 0.163. The number of carboxylic acids is 1. The Bertz CT molecular complexity index is 356. The Morgan fingerprint density at radius 1 is 1.69 bits per heavy atom. The molecule has 2 heterocycles. The fraction of sp³-hybridized carbons (Fsp3) is 0.545. The lowest BCUT2D eigenvalue weighted by Gasteiger charge is -2.07. The lowest BCUT2D eigenvalue weighted by Crippen LogP contribution is -2.05. The highest BCUT2D eigenvalue weighted by molar-refractivity contribution is 7.99. The van der Waals surface area contributed by atoms with E-state index in [4.69, 9.17) is 9.84 Å². The Hall–Kier alpha value is -0.520. The Labute approximate surface area is 103 Å². The molecule has 0 spiro atoms. The zero-order valence-corrected chi connectivity index (χ0v) is 10.5. The van der Waals surface area contributed by atoms with Gasteiger partial charge in [-0.2, -0.15) is 0 Å². The molecule has 0 bridgehead atoms. The Morgan fingerprint density at radius 2 is 2.56 bits per heavy atom. The number of carboxylic acid groups (broad SMARTS) is 1. The average molecular weight is 258 g/mol. The van der Waals surface area contributed by atoms with Crippen molar-refractivity contribution in [2.45, 2.75) is 30.3 Å². The van der Waals surface area contributed by atoms with E-state index < -0.39 is 5.97 Å². The molecular formula is C11H14O3S2. The molecule has 1 fully saturated rings. The minimum atomic E-state index is -0.837. The molecule has 1 saturated heterocycles. The van der Waals surface area contributed by atoms with Gasteiger partial charge in [-0.1, -0.05) is 0 Å². The number of hydrogen-bond donors (Lipinski definition) is 1. The van der Waals surface area contributed by atoms with Crippen molar-refractivity contribution in [2.24, 2.45) is 0 Å². The minimum absolute atomic E-state index is 0.416. The van der Waals surface area contributed by atoms with E-state index in [9.17, 15) is 4.79 Å². The van der Waals surface area contributed by atoms with Crippen LogP contribution >= 0.6 is 23.1 Å². The Morgan fingerprint density at radius 3 is 3.19 bits per heavy atom. The molecule has 0 aliphatic carbocycles. The number of ether oxygens (including phenoxy) is 1. The van der Waals surface area contributed by atoms with Gasteiger partial charge in [-0.15, -0.1) is 23.1 Å². The number of carbonyl (C=O) groups is 1. The number of thioether (sulfide) groups is 1. The van der Waals surface area contributed by atoms with Crippen molar-refractivity contribution in [1.82, 2.24) is 0 Å². The van der Waals surface area contributed by atoms with E-state index in [1.165, 1.54) is 24.2 Å². The highest BCUT2D eigenvalue weighted by Crippen LogP contribution is 2.27. The molecule has 0 saturated carbocycles. The average Bonchev–Trinajstić information content (AvgIpc) is 2.87. The molecule has 1 aromatic heterocycles. The topological polar surface area (TPSA) is 46.5 Å². The molecule has 5 heteroatoms. The normalized spacial score (nSPS) is 20.1. The van der Waals surface area contributed by atoms with Gasteiger partial charge in [0.25, 0.3) is 0 Å². The minimum Gasteiger partial charge on any atom is -0.477 e. The van der Waals surface area contributed by atoms with Gasteiger partial charge in [0.15, 0.2) is 0 Å². The van der Waals surface area contributed by atoms with Gasteiger partial charge >= 0.3 is 5.97 Å². The van der Waals surface area contributed by atoms with Gasteiger partial charge in [0.2, 0.25) is 0 Å². The molecule has 1 aliphatic rings. The van der Waals surface area contributed by atoms with Crippen LogP contribution in [0.4, 0.5) is 0 Å². The van der Waals surface area contributed by atoms with Crippen molar-refractivity contribution in [3.8, 4) is 0 Å². The largest absolute Gasteiger partial charge is 0.477 e. The SMILES string of the molecule is O=C(O)c1cc(SCCC2CCCO2)cs1. The number of hydrogen-bond acceptors (Lipinski definition) is 4. The van der Waals surface area contributed by atoms with Gasteiger partial charge in [-0.25, -0.2) is 4.79 Å². The summed E-state index contributed by atoms with van der Waals surface area (Å²) < 4.78 is 5.53. The van der Waals surface area contributed by atoms with E-state index in [1.54, 1.807) is 17.8 Å². The molecule has 1 aromatic rings. The van der Waals surface area contributed by atoms with Crippen molar-refractivity contribution < 1.29 is 14.6 Å². The first-order chi connectivity index (χ1) is 7.75. The molecule has 0 amide bonds. The molecule has 3 nitrogen and oxygen atoms in total. The second kappa shape index (κ2) is 5.70. The maximum Gasteiger partial charge on any atom is 0.345 e. The third kappa shape index (κ3) is 3.23. The Kier molecular flexibility index (Phi) is 4.26. The summed E-state index contributed by atoms with van der Waals surface area (Å²) >= 11 is 3.00. The third-order valence-electron chi connectivity index (χ3n) is 2.52. The molecule has 88 valence electrons. The number of rotatable bonds is 5. The zero-order chi connectivity index (χ0) is 11.4. The van der Waals surface area contributed by atoms with Crippen LogP contribution in [0.25, 0.3) is 0 Å². The maximum absolute atomic E-state index is 10.7. The lowest BCUT2D eigenvalue weighted by molar-refractivity contribution is 0.0702. The molecule has 1 N–H and O–H groups in total. The summed E-state index contributed by atoms with van der Waals surface area (Å²) in [6.07, 6.45) is 3.83. The van der Waals surface area contributed by atoms with Gasteiger partial charge < -0.3 is 9.84 Å². The van der Waals surface area contributed by atoms with E-state index in [0.717, 1.165) is 23.7 Å². The predicted octanol–water partition coefficient (Wildman–Crippen LogP) is 3.11. The molecule has 1 unspecified atom stereocenters. The molecule has 16 heavy (non-hydrogen) atoms. The van der Waals surface area contributed by atoms with Crippen LogP contribution in [-0.2, 0) is 4.74 Å². The van der Waals surface area contributed by atoms with Gasteiger partial charge in [0.1, 0.15) is 4.88 Å². The summed E-state index contributed by atoms with van der Waals surface area (Å²) in [6.45, 7) is 0.900. The first kappa shape index (κ1) is 12.0. The smallest absolute Gasteiger partial charge is 0.345 e. The zero-order valence-electron chi connectivity index (χ0n) is 8.85. The van der Waals surface area contributed by atoms with E-state index >= 15 is 0 Å². The van der Waals surface area contributed by atoms with Crippen LogP contribution in [0.1, 0.15) is 28.9 Å². The molecule has 1 aliphatic heterocycles. The quantitative estimate of drug-likeness (QED) is 0.824. The second-order valence-electron chi connectivity index (χ2n) is 3.72. The third-order valence-corrected chi connectivity index (χ3v) is 4.59. The number of thiophene rings is 1. The van der Waals surface area contributed by atoms with Crippen LogP contribution in [0, 0.1) is 0 Å².